The maximum absolute atomic E-state index is 12.9. The van der Waals surface area contributed by atoms with Gasteiger partial charge in [0.25, 0.3) is 5.91 Å². The van der Waals surface area contributed by atoms with Crippen LogP contribution < -0.4 is 0 Å². The van der Waals surface area contributed by atoms with Gasteiger partial charge >= 0.3 is 0 Å². The fourth-order valence-electron chi connectivity index (χ4n) is 2.47. The Kier molecular flexibility index (Phi) is 5.15. The van der Waals surface area contributed by atoms with Crippen LogP contribution in [0.1, 0.15) is 16.1 Å². The van der Waals surface area contributed by atoms with Gasteiger partial charge < -0.3 is 9.80 Å². The van der Waals surface area contributed by atoms with Crippen LogP contribution in [0.15, 0.2) is 34.0 Å². The number of thiazole rings is 1. The summed E-state index contributed by atoms with van der Waals surface area (Å²) < 4.78 is 13.8. The molecule has 24 heavy (non-hydrogen) atoms. The largest absolute Gasteiger partial charge is 0.335 e. The van der Waals surface area contributed by atoms with E-state index in [1.54, 1.807) is 22.4 Å². The molecule has 1 fully saturated rings. The number of aromatic nitrogens is 1. The van der Waals surface area contributed by atoms with Crippen molar-refractivity contribution in [3.8, 4) is 0 Å². The number of amides is 2. The number of hydrogen-bond donors (Lipinski definition) is 0. The molecule has 0 radical (unpaired) electrons. The topological polar surface area (TPSA) is 53.5 Å². The van der Waals surface area contributed by atoms with Crippen molar-refractivity contribution in [1.29, 1.82) is 0 Å². The van der Waals surface area contributed by atoms with Gasteiger partial charge in [0.05, 0.1) is 0 Å². The standard InChI is InChI=1S/C16H16FN3O2S2/c1-23-16-18-13(10-24-16)15(22)20-7-6-19(14(21)9-20)8-11-2-4-12(17)5-3-11/h2-5,10H,6-9H2,1H3. The van der Waals surface area contributed by atoms with Crippen LogP contribution in [-0.2, 0) is 11.3 Å². The van der Waals surface area contributed by atoms with Crippen molar-refractivity contribution in [3.63, 3.8) is 0 Å². The zero-order valence-corrected chi connectivity index (χ0v) is 14.7. The lowest BCUT2D eigenvalue weighted by Crippen LogP contribution is -2.51. The summed E-state index contributed by atoms with van der Waals surface area (Å²) in [7, 11) is 0. The summed E-state index contributed by atoms with van der Waals surface area (Å²) >= 11 is 2.92. The molecule has 1 aliphatic heterocycles. The molecular weight excluding hydrogens is 349 g/mol. The second kappa shape index (κ2) is 7.31. The molecule has 2 heterocycles. The second-order valence-electron chi connectivity index (χ2n) is 5.37. The fourth-order valence-corrected chi connectivity index (χ4v) is 3.71. The van der Waals surface area contributed by atoms with Gasteiger partial charge in [-0.1, -0.05) is 23.9 Å². The third kappa shape index (κ3) is 3.76. The number of nitrogens with zero attached hydrogens (tertiary/aromatic N) is 3. The molecule has 2 amide bonds. The zero-order chi connectivity index (χ0) is 17.1. The number of halogens is 1. The van der Waals surface area contributed by atoms with Gasteiger partial charge in [-0.25, -0.2) is 9.37 Å². The average Bonchev–Trinajstić information content (AvgIpc) is 3.07. The smallest absolute Gasteiger partial charge is 0.273 e. The van der Waals surface area contributed by atoms with Crippen molar-refractivity contribution < 1.29 is 14.0 Å². The molecule has 1 aromatic heterocycles. The average molecular weight is 365 g/mol. The third-order valence-corrected chi connectivity index (χ3v) is 5.63. The van der Waals surface area contributed by atoms with Crippen LogP contribution in [0.2, 0.25) is 0 Å². The molecule has 1 aromatic carbocycles. The second-order valence-corrected chi connectivity index (χ2v) is 7.28. The van der Waals surface area contributed by atoms with Gasteiger partial charge in [0.2, 0.25) is 5.91 Å². The molecule has 0 aliphatic carbocycles. The van der Waals surface area contributed by atoms with Crippen LogP contribution in [0.25, 0.3) is 0 Å². The third-order valence-electron chi connectivity index (χ3n) is 3.77. The molecule has 0 atom stereocenters. The van der Waals surface area contributed by atoms with E-state index in [4.69, 9.17) is 0 Å². The van der Waals surface area contributed by atoms with Gasteiger partial charge in [0.1, 0.15) is 22.4 Å². The molecule has 3 rings (SSSR count). The molecule has 0 unspecified atom stereocenters. The Morgan fingerprint density at radius 3 is 2.71 bits per heavy atom. The monoisotopic (exact) mass is 365 g/mol. The number of carbonyl (C=O) groups excluding carboxylic acids is 2. The van der Waals surface area contributed by atoms with Gasteiger partial charge in [0.15, 0.2) is 0 Å². The van der Waals surface area contributed by atoms with E-state index in [0.717, 1.165) is 9.90 Å². The molecule has 0 N–H and O–H groups in total. The van der Waals surface area contributed by atoms with E-state index in [9.17, 15) is 14.0 Å². The summed E-state index contributed by atoms with van der Waals surface area (Å²) in [4.78, 5) is 32.2. The Hall–Kier alpha value is -1.93. The van der Waals surface area contributed by atoms with Gasteiger partial charge in [0, 0.05) is 25.0 Å². The first-order valence-electron chi connectivity index (χ1n) is 7.38. The minimum Gasteiger partial charge on any atom is -0.335 e. The van der Waals surface area contributed by atoms with Crippen molar-refractivity contribution in [1.82, 2.24) is 14.8 Å². The van der Waals surface area contributed by atoms with Crippen LogP contribution in [0.4, 0.5) is 4.39 Å². The maximum atomic E-state index is 12.9. The highest BCUT2D eigenvalue weighted by Crippen LogP contribution is 2.21. The number of piperazine rings is 1. The molecule has 0 saturated carbocycles. The highest BCUT2D eigenvalue weighted by Gasteiger charge is 2.28. The quantitative estimate of drug-likeness (QED) is 0.781. The van der Waals surface area contributed by atoms with E-state index in [-0.39, 0.29) is 24.2 Å². The summed E-state index contributed by atoms with van der Waals surface area (Å²) in [5.74, 6) is -0.617. The maximum Gasteiger partial charge on any atom is 0.273 e. The van der Waals surface area contributed by atoms with Crippen LogP contribution in [0, 0.1) is 5.82 Å². The normalized spacial score (nSPS) is 15.0. The molecule has 8 heteroatoms. The number of thioether (sulfide) groups is 1. The predicted molar refractivity (Wildman–Crippen MR) is 91.6 cm³/mol. The molecule has 2 aromatic rings. The van der Waals surface area contributed by atoms with E-state index in [1.165, 1.54) is 40.1 Å². The van der Waals surface area contributed by atoms with Gasteiger partial charge in [-0.05, 0) is 24.0 Å². The Balaban J connectivity index is 1.61. The van der Waals surface area contributed by atoms with Crippen LogP contribution in [0.3, 0.4) is 0 Å². The molecule has 126 valence electrons. The first kappa shape index (κ1) is 16.9. The fraction of sp³-hybridized carbons (Fsp3) is 0.312. The lowest BCUT2D eigenvalue weighted by Gasteiger charge is -2.34. The molecule has 0 bridgehead atoms. The van der Waals surface area contributed by atoms with Crippen molar-refractivity contribution in [2.24, 2.45) is 0 Å². The lowest BCUT2D eigenvalue weighted by molar-refractivity contribution is -0.135. The van der Waals surface area contributed by atoms with Gasteiger partial charge in [-0.2, -0.15) is 0 Å². The zero-order valence-electron chi connectivity index (χ0n) is 13.1. The van der Waals surface area contributed by atoms with Gasteiger partial charge in [-0.15, -0.1) is 11.3 Å². The Morgan fingerprint density at radius 2 is 2.08 bits per heavy atom. The van der Waals surface area contributed by atoms with Crippen molar-refractivity contribution in [2.45, 2.75) is 10.9 Å². The molecular formula is C16H16FN3O2S2. The molecule has 0 spiro atoms. The first-order chi connectivity index (χ1) is 11.6. The number of hydrogen-bond acceptors (Lipinski definition) is 5. The summed E-state index contributed by atoms with van der Waals surface area (Å²) in [6.07, 6.45) is 1.91. The lowest BCUT2D eigenvalue weighted by atomic mass is 10.2. The Labute approximate surface area is 147 Å². The Morgan fingerprint density at radius 1 is 1.33 bits per heavy atom. The number of rotatable bonds is 4. The molecule has 5 nitrogen and oxygen atoms in total. The SMILES string of the molecule is CSc1nc(C(=O)N2CCN(Cc3ccc(F)cc3)C(=O)C2)cs1. The summed E-state index contributed by atoms with van der Waals surface area (Å²) in [6.45, 7) is 1.40. The van der Waals surface area contributed by atoms with Crippen LogP contribution in [0.5, 0.6) is 0 Å². The molecule has 1 aliphatic rings. The van der Waals surface area contributed by atoms with E-state index in [1.807, 2.05) is 6.26 Å². The number of benzene rings is 1. The minimum atomic E-state index is -0.298. The van der Waals surface area contributed by atoms with Gasteiger partial charge in [-0.3, -0.25) is 9.59 Å². The predicted octanol–water partition coefficient (Wildman–Crippen LogP) is 2.49. The minimum absolute atomic E-state index is 0.0478. The summed E-state index contributed by atoms with van der Waals surface area (Å²) in [5.41, 5.74) is 1.26. The van der Waals surface area contributed by atoms with E-state index in [2.05, 4.69) is 4.98 Å². The van der Waals surface area contributed by atoms with Crippen LogP contribution in [-0.4, -0.2) is 52.5 Å². The highest BCUT2D eigenvalue weighted by molar-refractivity contribution is 8.00. The van der Waals surface area contributed by atoms with Crippen LogP contribution >= 0.6 is 23.1 Å². The summed E-state index contributed by atoms with van der Waals surface area (Å²) in [6, 6.07) is 6.09. The van der Waals surface area contributed by atoms with E-state index in [0.29, 0.717) is 25.3 Å². The molecule has 1 saturated heterocycles. The Bertz CT molecular complexity index is 748. The van der Waals surface area contributed by atoms with Crippen molar-refractivity contribution >= 4 is 34.9 Å². The van der Waals surface area contributed by atoms with Crippen molar-refractivity contribution in [3.05, 3.63) is 46.7 Å². The van der Waals surface area contributed by atoms with Crippen molar-refractivity contribution in [2.75, 3.05) is 25.9 Å². The first-order valence-corrected chi connectivity index (χ1v) is 9.48. The van der Waals surface area contributed by atoms with E-state index < -0.39 is 0 Å². The number of carbonyl (C=O) groups is 2. The highest BCUT2D eigenvalue weighted by atomic mass is 32.2. The van der Waals surface area contributed by atoms with E-state index >= 15 is 0 Å². The summed E-state index contributed by atoms with van der Waals surface area (Å²) in [5, 5.41) is 1.73.